The standard InChI is InChI=1S/C17H13ClN4O2S/c1-10-14(25-17(20-10)11-4-6-13(18)7-5-11)16(24)22-21-15(23)12-3-2-8-19-9-12/h2-9H,1H3,(H,21,23)(H,22,24). The lowest BCUT2D eigenvalue weighted by Crippen LogP contribution is -2.41. The van der Waals surface area contributed by atoms with E-state index in [-0.39, 0.29) is 0 Å². The summed E-state index contributed by atoms with van der Waals surface area (Å²) < 4.78 is 0. The first kappa shape index (κ1) is 17.1. The fraction of sp³-hybridized carbons (Fsp3) is 0.0588. The van der Waals surface area contributed by atoms with Crippen LogP contribution in [0.2, 0.25) is 5.02 Å². The maximum Gasteiger partial charge on any atom is 0.281 e. The van der Waals surface area contributed by atoms with Crippen LogP contribution >= 0.6 is 22.9 Å². The van der Waals surface area contributed by atoms with Gasteiger partial charge in [0.25, 0.3) is 11.8 Å². The van der Waals surface area contributed by atoms with E-state index in [0.29, 0.717) is 26.2 Å². The number of thiazole rings is 1. The van der Waals surface area contributed by atoms with Crippen LogP contribution in [-0.4, -0.2) is 21.8 Å². The topological polar surface area (TPSA) is 84.0 Å². The molecule has 2 N–H and O–H groups in total. The van der Waals surface area contributed by atoms with Crippen molar-refractivity contribution in [1.29, 1.82) is 0 Å². The highest BCUT2D eigenvalue weighted by atomic mass is 35.5. The number of nitrogens with zero attached hydrogens (tertiary/aromatic N) is 2. The number of hydrogen-bond donors (Lipinski definition) is 2. The molecule has 2 aromatic heterocycles. The number of carbonyl (C=O) groups excluding carboxylic acids is 2. The Morgan fingerprint density at radius 2 is 1.80 bits per heavy atom. The summed E-state index contributed by atoms with van der Waals surface area (Å²) in [6.07, 6.45) is 2.98. The second-order valence-corrected chi connectivity index (χ2v) is 6.53. The number of aromatic nitrogens is 2. The number of benzene rings is 1. The summed E-state index contributed by atoms with van der Waals surface area (Å²) in [6.45, 7) is 1.74. The molecule has 126 valence electrons. The predicted octanol–water partition coefficient (Wildman–Crippen LogP) is 3.24. The molecule has 25 heavy (non-hydrogen) atoms. The van der Waals surface area contributed by atoms with Gasteiger partial charge in [-0.15, -0.1) is 11.3 Å². The lowest BCUT2D eigenvalue weighted by atomic mass is 10.2. The molecule has 0 aliphatic carbocycles. The van der Waals surface area contributed by atoms with Gasteiger partial charge in [0.2, 0.25) is 0 Å². The third-order valence-corrected chi connectivity index (χ3v) is 4.76. The highest BCUT2D eigenvalue weighted by molar-refractivity contribution is 7.17. The molecular formula is C17H13ClN4O2S. The van der Waals surface area contributed by atoms with E-state index in [1.165, 1.54) is 17.5 Å². The summed E-state index contributed by atoms with van der Waals surface area (Å²) >= 11 is 7.13. The van der Waals surface area contributed by atoms with Crippen LogP contribution in [0, 0.1) is 6.92 Å². The molecule has 0 fully saturated rings. The number of amides is 2. The molecule has 1 aromatic carbocycles. The van der Waals surface area contributed by atoms with E-state index < -0.39 is 11.8 Å². The Morgan fingerprint density at radius 1 is 1.08 bits per heavy atom. The van der Waals surface area contributed by atoms with Crippen LogP contribution in [0.4, 0.5) is 0 Å². The molecular weight excluding hydrogens is 360 g/mol. The van der Waals surface area contributed by atoms with E-state index in [1.807, 2.05) is 12.1 Å². The zero-order chi connectivity index (χ0) is 17.8. The van der Waals surface area contributed by atoms with Crippen molar-refractivity contribution < 1.29 is 9.59 Å². The molecule has 3 aromatic rings. The van der Waals surface area contributed by atoms with Gasteiger partial charge in [-0.2, -0.15) is 0 Å². The minimum atomic E-state index is -0.443. The second kappa shape index (κ2) is 7.42. The number of rotatable bonds is 3. The summed E-state index contributed by atoms with van der Waals surface area (Å²) in [6, 6.07) is 10.5. The van der Waals surface area contributed by atoms with Crippen molar-refractivity contribution in [2.45, 2.75) is 6.92 Å². The zero-order valence-electron chi connectivity index (χ0n) is 13.1. The van der Waals surface area contributed by atoms with Gasteiger partial charge in [-0.05, 0) is 31.2 Å². The summed E-state index contributed by atoms with van der Waals surface area (Å²) in [4.78, 5) is 32.9. The molecule has 0 radical (unpaired) electrons. The third kappa shape index (κ3) is 4.01. The number of hydrazine groups is 1. The Hall–Kier alpha value is -2.77. The Bertz CT molecular complexity index is 910. The lowest BCUT2D eigenvalue weighted by Gasteiger charge is -2.06. The van der Waals surface area contributed by atoms with E-state index >= 15 is 0 Å². The van der Waals surface area contributed by atoms with Gasteiger partial charge in [-0.1, -0.05) is 23.7 Å². The van der Waals surface area contributed by atoms with E-state index in [1.54, 1.807) is 37.4 Å². The summed E-state index contributed by atoms with van der Waals surface area (Å²) in [5, 5.41) is 1.34. The number of halogens is 1. The number of nitrogens with one attached hydrogen (secondary N) is 2. The van der Waals surface area contributed by atoms with Gasteiger partial charge in [0.1, 0.15) is 9.88 Å². The summed E-state index contributed by atoms with van der Waals surface area (Å²) in [5.41, 5.74) is 6.57. The van der Waals surface area contributed by atoms with Crippen LogP contribution in [0.5, 0.6) is 0 Å². The highest BCUT2D eigenvalue weighted by Gasteiger charge is 2.17. The second-order valence-electron chi connectivity index (χ2n) is 5.09. The average Bonchev–Trinajstić information content (AvgIpc) is 3.02. The minimum absolute atomic E-state index is 0.352. The normalized spacial score (nSPS) is 10.3. The summed E-state index contributed by atoms with van der Waals surface area (Å²) in [5.74, 6) is -0.867. The van der Waals surface area contributed by atoms with Gasteiger partial charge in [0.15, 0.2) is 0 Å². The molecule has 2 heterocycles. The smallest absolute Gasteiger partial charge is 0.267 e. The number of pyridine rings is 1. The lowest BCUT2D eigenvalue weighted by molar-refractivity contribution is 0.0848. The highest BCUT2D eigenvalue weighted by Crippen LogP contribution is 2.28. The van der Waals surface area contributed by atoms with E-state index in [0.717, 1.165) is 5.56 Å². The van der Waals surface area contributed by atoms with Crippen LogP contribution in [0.1, 0.15) is 25.7 Å². The first-order valence-electron chi connectivity index (χ1n) is 7.28. The maximum atomic E-state index is 12.3. The van der Waals surface area contributed by atoms with Crippen molar-refractivity contribution in [1.82, 2.24) is 20.8 Å². The molecule has 8 heteroatoms. The molecule has 3 rings (SSSR count). The monoisotopic (exact) mass is 372 g/mol. The molecule has 0 atom stereocenters. The first-order chi connectivity index (χ1) is 12.0. The van der Waals surface area contributed by atoms with Crippen LogP contribution in [0.15, 0.2) is 48.8 Å². The molecule has 0 saturated heterocycles. The van der Waals surface area contributed by atoms with E-state index in [9.17, 15) is 9.59 Å². The van der Waals surface area contributed by atoms with Gasteiger partial charge >= 0.3 is 0 Å². The SMILES string of the molecule is Cc1nc(-c2ccc(Cl)cc2)sc1C(=O)NNC(=O)c1cccnc1. The Morgan fingerprint density at radius 3 is 2.48 bits per heavy atom. The first-order valence-corrected chi connectivity index (χ1v) is 8.48. The minimum Gasteiger partial charge on any atom is -0.267 e. The molecule has 0 aliphatic heterocycles. The van der Waals surface area contributed by atoms with Crippen LogP contribution < -0.4 is 10.9 Å². The largest absolute Gasteiger partial charge is 0.281 e. The van der Waals surface area contributed by atoms with Crippen molar-refractivity contribution in [3.8, 4) is 10.6 Å². The van der Waals surface area contributed by atoms with Gasteiger partial charge in [0, 0.05) is 23.0 Å². The van der Waals surface area contributed by atoms with Gasteiger partial charge < -0.3 is 0 Å². The van der Waals surface area contributed by atoms with Gasteiger partial charge in [-0.25, -0.2) is 4.98 Å². The number of carbonyl (C=O) groups is 2. The molecule has 0 unspecified atom stereocenters. The zero-order valence-corrected chi connectivity index (χ0v) is 14.7. The fourth-order valence-electron chi connectivity index (χ4n) is 2.06. The molecule has 2 amide bonds. The Kier molecular flexibility index (Phi) is 5.06. The fourth-order valence-corrected chi connectivity index (χ4v) is 3.16. The number of aryl methyl sites for hydroxylation is 1. The molecule has 0 spiro atoms. The Labute approximate surface area is 152 Å². The van der Waals surface area contributed by atoms with Crippen LogP contribution in [0.3, 0.4) is 0 Å². The number of hydrogen-bond acceptors (Lipinski definition) is 5. The van der Waals surface area contributed by atoms with Crippen molar-refractivity contribution >= 4 is 34.8 Å². The van der Waals surface area contributed by atoms with Crippen molar-refractivity contribution in [3.63, 3.8) is 0 Å². The molecule has 0 bridgehead atoms. The predicted molar refractivity (Wildman–Crippen MR) is 96.5 cm³/mol. The van der Waals surface area contributed by atoms with Gasteiger partial charge in [0.05, 0.1) is 11.3 Å². The quantitative estimate of drug-likeness (QED) is 0.691. The third-order valence-electron chi connectivity index (χ3n) is 3.31. The van der Waals surface area contributed by atoms with Crippen molar-refractivity contribution in [3.05, 3.63) is 69.9 Å². The van der Waals surface area contributed by atoms with Crippen molar-refractivity contribution in [2.24, 2.45) is 0 Å². The maximum absolute atomic E-state index is 12.3. The van der Waals surface area contributed by atoms with E-state index in [2.05, 4.69) is 20.8 Å². The Balaban J connectivity index is 1.70. The molecule has 0 aliphatic rings. The molecule has 0 saturated carbocycles. The van der Waals surface area contributed by atoms with E-state index in [4.69, 9.17) is 11.6 Å². The average molecular weight is 373 g/mol. The van der Waals surface area contributed by atoms with Crippen LogP contribution in [0.25, 0.3) is 10.6 Å². The van der Waals surface area contributed by atoms with Crippen LogP contribution in [-0.2, 0) is 0 Å². The van der Waals surface area contributed by atoms with Gasteiger partial charge in [-0.3, -0.25) is 25.4 Å². The molecule has 6 nitrogen and oxygen atoms in total. The van der Waals surface area contributed by atoms with Crippen molar-refractivity contribution in [2.75, 3.05) is 0 Å². The summed E-state index contributed by atoms with van der Waals surface area (Å²) in [7, 11) is 0.